The van der Waals surface area contributed by atoms with Gasteiger partial charge in [0.25, 0.3) is 0 Å². The number of benzene rings is 1. The first kappa shape index (κ1) is 15.3. The van der Waals surface area contributed by atoms with Gasteiger partial charge in [0.2, 0.25) is 0 Å². The third kappa shape index (κ3) is 3.71. The summed E-state index contributed by atoms with van der Waals surface area (Å²) in [6.07, 6.45) is 2.99. The molecule has 1 heterocycles. The van der Waals surface area contributed by atoms with Crippen molar-refractivity contribution in [3.63, 3.8) is 0 Å². The summed E-state index contributed by atoms with van der Waals surface area (Å²) >= 11 is 0. The summed E-state index contributed by atoms with van der Waals surface area (Å²) in [6, 6.07) is 2.96. The highest BCUT2D eigenvalue weighted by atomic mass is 19.1. The number of likely N-dealkylation sites (tertiary alicyclic amines) is 1. The zero-order valence-electron chi connectivity index (χ0n) is 11.9. The standard InChI is InChI=1S/C15H19FN2O3/c1-2-10-5-7-18(8-6-10)15(21)17-13-9-11(14(19)20)3-4-12(13)16/h3-4,9-10H,2,5-8H2,1H3,(H,17,21)(H,19,20). The molecule has 6 heteroatoms. The van der Waals surface area contributed by atoms with E-state index < -0.39 is 11.8 Å². The minimum atomic E-state index is -1.16. The molecule has 114 valence electrons. The lowest BCUT2D eigenvalue weighted by Gasteiger charge is -2.31. The van der Waals surface area contributed by atoms with Gasteiger partial charge in [-0.15, -0.1) is 0 Å². The summed E-state index contributed by atoms with van der Waals surface area (Å²) in [4.78, 5) is 24.6. The third-order valence-corrected chi connectivity index (χ3v) is 3.93. The highest BCUT2D eigenvalue weighted by molar-refractivity contribution is 5.93. The number of rotatable bonds is 3. The maximum atomic E-state index is 13.7. The van der Waals surface area contributed by atoms with Crippen LogP contribution >= 0.6 is 0 Å². The first-order valence-corrected chi connectivity index (χ1v) is 7.10. The number of carboxylic acid groups (broad SMARTS) is 1. The molecule has 0 aromatic heterocycles. The summed E-state index contributed by atoms with van der Waals surface area (Å²) in [7, 11) is 0. The molecule has 1 aromatic rings. The van der Waals surface area contributed by atoms with Crippen molar-refractivity contribution in [2.75, 3.05) is 18.4 Å². The van der Waals surface area contributed by atoms with Crippen LogP contribution in [0.25, 0.3) is 0 Å². The number of hydrogen-bond donors (Lipinski definition) is 2. The number of nitrogens with zero attached hydrogens (tertiary/aromatic N) is 1. The lowest BCUT2D eigenvalue weighted by molar-refractivity contribution is 0.0697. The van der Waals surface area contributed by atoms with Crippen LogP contribution in [0.1, 0.15) is 36.5 Å². The van der Waals surface area contributed by atoms with Gasteiger partial charge in [-0.1, -0.05) is 13.3 Å². The molecule has 1 fully saturated rings. The van der Waals surface area contributed by atoms with Crippen molar-refractivity contribution < 1.29 is 19.1 Å². The van der Waals surface area contributed by atoms with Crippen LogP contribution in [0.5, 0.6) is 0 Å². The van der Waals surface area contributed by atoms with Crippen molar-refractivity contribution in [2.24, 2.45) is 5.92 Å². The van der Waals surface area contributed by atoms with Crippen molar-refractivity contribution >= 4 is 17.7 Å². The average molecular weight is 294 g/mol. The SMILES string of the molecule is CCC1CCN(C(=O)Nc2cc(C(=O)O)ccc2F)CC1. The van der Waals surface area contributed by atoms with Crippen molar-refractivity contribution in [3.8, 4) is 0 Å². The number of piperidine rings is 1. The Morgan fingerprint density at radius 3 is 2.62 bits per heavy atom. The lowest BCUT2D eigenvalue weighted by atomic mass is 9.95. The third-order valence-electron chi connectivity index (χ3n) is 3.93. The minimum Gasteiger partial charge on any atom is -0.478 e. The van der Waals surface area contributed by atoms with E-state index in [4.69, 9.17) is 5.11 Å². The topological polar surface area (TPSA) is 69.6 Å². The fraction of sp³-hybridized carbons (Fsp3) is 0.467. The number of aromatic carboxylic acids is 1. The quantitative estimate of drug-likeness (QED) is 0.899. The second-order valence-corrected chi connectivity index (χ2v) is 5.27. The molecule has 0 aliphatic carbocycles. The summed E-state index contributed by atoms with van der Waals surface area (Å²) in [5, 5.41) is 11.4. The van der Waals surface area contributed by atoms with E-state index in [1.54, 1.807) is 4.90 Å². The van der Waals surface area contributed by atoms with E-state index >= 15 is 0 Å². The van der Waals surface area contributed by atoms with E-state index in [1.165, 1.54) is 6.07 Å². The summed E-state index contributed by atoms with van der Waals surface area (Å²) in [5.41, 5.74) is -0.158. The van der Waals surface area contributed by atoms with Crippen LogP contribution < -0.4 is 5.32 Å². The number of carboxylic acids is 1. The first-order valence-electron chi connectivity index (χ1n) is 7.10. The van der Waals surface area contributed by atoms with E-state index in [2.05, 4.69) is 12.2 Å². The number of anilines is 1. The Hall–Kier alpha value is -2.11. The fourth-order valence-electron chi connectivity index (χ4n) is 2.49. The molecular formula is C15H19FN2O3. The highest BCUT2D eigenvalue weighted by Crippen LogP contribution is 2.22. The molecule has 2 rings (SSSR count). The summed E-state index contributed by atoms with van der Waals surface area (Å²) in [5.74, 6) is -1.16. The Labute approximate surface area is 122 Å². The zero-order chi connectivity index (χ0) is 15.4. The molecule has 0 unspecified atom stereocenters. The van der Waals surface area contributed by atoms with Crippen LogP contribution in [0.3, 0.4) is 0 Å². The molecule has 0 radical (unpaired) electrons. The molecule has 0 spiro atoms. The largest absolute Gasteiger partial charge is 0.478 e. The van der Waals surface area contributed by atoms with Gasteiger partial charge in [-0.25, -0.2) is 14.0 Å². The van der Waals surface area contributed by atoms with Gasteiger partial charge < -0.3 is 15.3 Å². The zero-order valence-corrected chi connectivity index (χ0v) is 11.9. The van der Waals surface area contributed by atoms with Gasteiger partial charge >= 0.3 is 12.0 Å². The van der Waals surface area contributed by atoms with Gasteiger partial charge in [-0.05, 0) is 37.0 Å². The minimum absolute atomic E-state index is 0.0589. The first-order chi connectivity index (χ1) is 10.0. The van der Waals surface area contributed by atoms with Crippen molar-refractivity contribution in [1.29, 1.82) is 0 Å². The molecule has 2 N–H and O–H groups in total. The van der Waals surface area contributed by atoms with E-state index in [0.29, 0.717) is 19.0 Å². The van der Waals surface area contributed by atoms with Crippen molar-refractivity contribution in [2.45, 2.75) is 26.2 Å². The van der Waals surface area contributed by atoms with Crippen LogP contribution in [0.4, 0.5) is 14.9 Å². The number of halogens is 1. The summed E-state index contributed by atoms with van der Waals surface area (Å²) < 4.78 is 13.7. The van der Waals surface area contributed by atoms with E-state index in [9.17, 15) is 14.0 Å². The number of nitrogens with one attached hydrogen (secondary N) is 1. The van der Waals surface area contributed by atoms with Crippen LogP contribution in [0, 0.1) is 11.7 Å². The molecule has 1 aliphatic rings. The number of carbonyl (C=O) groups is 2. The molecule has 1 aromatic carbocycles. The predicted molar refractivity (Wildman–Crippen MR) is 77.0 cm³/mol. The Morgan fingerprint density at radius 2 is 2.05 bits per heavy atom. The molecule has 5 nitrogen and oxygen atoms in total. The fourth-order valence-corrected chi connectivity index (χ4v) is 2.49. The monoisotopic (exact) mass is 294 g/mol. The van der Waals surface area contributed by atoms with Crippen LogP contribution in [-0.4, -0.2) is 35.1 Å². The Bertz CT molecular complexity index is 540. The van der Waals surface area contributed by atoms with Gasteiger partial charge in [0.1, 0.15) is 5.82 Å². The Kier molecular flexibility index (Phi) is 4.77. The highest BCUT2D eigenvalue weighted by Gasteiger charge is 2.22. The number of hydrogen-bond acceptors (Lipinski definition) is 2. The van der Waals surface area contributed by atoms with Gasteiger partial charge in [-0.3, -0.25) is 0 Å². The molecule has 0 atom stereocenters. The Balaban J connectivity index is 2.03. The van der Waals surface area contributed by atoms with E-state index in [0.717, 1.165) is 31.4 Å². The van der Waals surface area contributed by atoms with Gasteiger partial charge in [0.05, 0.1) is 11.3 Å². The van der Waals surface area contributed by atoms with E-state index in [1.807, 2.05) is 0 Å². The van der Waals surface area contributed by atoms with E-state index in [-0.39, 0.29) is 17.3 Å². The molecular weight excluding hydrogens is 275 g/mol. The Morgan fingerprint density at radius 1 is 1.38 bits per heavy atom. The number of urea groups is 1. The number of carbonyl (C=O) groups excluding carboxylic acids is 1. The predicted octanol–water partition coefficient (Wildman–Crippen LogP) is 3.18. The van der Waals surface area contributed by atoms with Crippen LogP contribution in [0.2, 0.25) is 0 Å². The van der Waals surface area contributed by atoms with Crippen LogP contribution in [-0.2, 0) is 0 Å². The van der Waals surface area contributed by atoms with Gasteiger partial charge in [0.15, 0.2) is 0 Å². The lowest BCUT2D eigenvalue weighted by Crippen LogP contribution is -2.41. The van der Waals surface area contributed by atoms with Crippen molar-refractivity contribution in [1.82, 2.24) is 4.90 Å². The van der Waals surface area contributed by atoms with Crippen molar-refractivity contribution in [3.05, 3.63) is 29.6 Å². The molecule has 0 saturated carbocycles. The maximum absolute atomic E-state index is 13.7. The maximum Gasteiger partial charge on any atom is 0.335 e. The summed E-state index contributed by atoms with van der Waals surface area (Å²) in [6.45, 7) is 3.42. The second kappa shape index (κ2) is 6.56. The molecule has 1 aliphatic heterocycles. The smallest absolute Gasteiger partial charge is 0.335 e. The normalized spacial score (nSPS) is 15.8. The van der Waals surface area contributed by atoms with Gasteiger partial charge in [-0.2, -0.15) is 0 Å². The average Bonchev–Trinajstić information content (AvgIpc) is 2.49. The molecule has 0 bridgehead atoms. The molecule has 1 saturated heterocycles. The second-order valence-electron chi connectivity index (χ2n) is 5.27. The number of amides is 2. The molecule has 2 amide bonds. The van der Waals surface area contributed by atoms with Crippen LogP contribution in [0.15, 0.2) is 18.2 Å². The van der Waals surface area contributed by atoms with Gasteiger partial charge in [0, 0.05) is 13.1 Å². The molecule has 21 heavy (non-hydrogen) atoms.